The molecule has 0 radical (unpaired) electrons. The molecule has 42 heavy (non-hydrogen) atoms. The largest absolute Gasteiger partial charge is 0.478 e. The van der Waals surface area contributed by atoms with E-state index < -0.39 is 46.5 Å². The van der Waals surface area contributed by atoms with E-state index in [2.05, 4.69) is 20.8 Å². The zero-order chi connectivity index (χ0) is 31.6. The third-order valence-electron chi connectivity index (χ3n) is 12.4. The van der Waals surface area contributed by atoms with Crippen LogP contribution >= 0.6 is 0 Å². The number of esters is 2. The minimum absolute atomic E-state index is 0.0221. The van der Waals surface area contributed by atoms with Crippen LogP contribution in [0.15, 0.2) is 22.8 Å². The number of fused-ring (bicyclic) bond motifs is 4. The van der Waals surface area contributed by atoms with Crippen LogP contribution in [-0.2, 0) is 28.7 Å². The van der Waals surface area contributed by atoms with Gasteiger partial charge in [-0.3, -0.25) is 14.4 Å². The Kier molecular flexibility index (Phi) is 8.42. The maximum atomic E-state index is 13.0. The van der Waals surface area contributed by atoms with Crippen molar-refractivity contribution in [3.05, 3.63) is 22.8 Å². The number of aliphatic carboxylic acids is 1. The highest BCUT2D eigenvalue weighted by molar-refractivity contribution is 5.86. The number of carbonyl (C=O) groups excluding carboxylic acids is 3. The van der Waals surface area contributed by atoms with E-state index in [1.807, 2.05) is 20.8 Å². The van der Waals surface area contributed by atoms with Gasteiger partial charge in [0.25, 0.3) is 0 Å². The number of carboxylic acids is 1. The van der Waals surface area contributed by atoms with Crippen LogP contribution in [0.25, 0.3) is 0 Å². The van der Waals surface area contributed by atoms with E-state index in [4.69, 9.17) is 9.47 Å². The Balaban J connectivity index is 1.83. The van der Waals surface area contributed by atoms with Gasteiger partial charge in [0.15, 0.2) is 0 Å². The lowest BCUT2D eigenvalue weighted by atomic mass is 9.42. The maximum Gasteiger partial charge on any atom is 0.330 e. The standard InChI is InChI=1S/C34H50O8/c1-18(30(39)40)10-11-25(41-20(3)35)19(2)23-16-28(42-21(4)36)34(9)29-22(12-15-33(23,34)8)32(7)14-13-27(38)31(5,6)26(32)17-24(29)37/h10,19,23-26,28,37H,11-17H2,1-9H3,(H,39,40). The second-order valence-electron chi connectivity index (χ2n) is 14.8. The average molecular weight is 587 g/mol. The Bertz CT molecular complexity index is 1230. The lowest BCUT2D eigenvalue weighted by Crippen LogP contribution is -2.58. The summed E-state index contributed by atoms with van der Waals surface area (Å²) in [5, 5.41) is 21.4. The van der Waals surface area contributed by atoms with Gasteiger partial charge in [0, 0.05) is 43.1 Å². The number of ether oxygens (including phenoxy) is 2. The SMILES string of the molecule is CC(=O)OC(CC=C(C)C(=O)O)C(C)C1CC(OC(C)=O)C2(C)C3=C(CCC12C)C1(C)CCC(=O)C(C)(C)C1CC3O. The highest BCUT2D eigenvalue weighted by Crippen LogP contribution is 2.72. The Hall–Kier alpha value is -2.48. The van der Waals surface area contributed by atoms with Crippen molar-refractivity contribution in [2.75, 3.05) is 0 Å². The molecule has 9 atom stereocenters. The average Bonchev–Trinajstić information content (AvgIpc) is 3.11. The summed E-state index contributed by atoms with van der Waals surface area (Å²) in [5.41, 5.74) is 0.557. The smallest absolute Gasteiger partial charge is 0.330 e. The first-order valence-corrected chi connectivity index (χ1v) is 15.5. The second-order valence-corrected chi connectivity index (χ2v) is 14.8. The normalized spacial score (nSPS) is 39.0. The summed E-state index contributed by atoms with van der Waals surface area (Å²) >= 11 is 0. The van der Waals surface area contributed by atoms with Crippen molar-refractivity contribution in [1.29, 1.82) is 0 Å². The maximum absolute atomic E-state index is 13.0. The molecule has 2 N–H and O–H groups in total. The lowest BCUT2D eigenvalue weighted by Gasteiger charge is -2.62. The molecule has 234 valence electrons. The van der Waals surface area contributed by atoms with Crippen molar-refractivity contribution in [3.63, 3.8) is 0 Å². The van der Waals surface area contributed by atoms with Gasteiger partial charge < -0.3 is 19.7 Å². The summed E-state index contributed by atoms with van der Waals surface area (Å²) in [6.07, 6.45) is 3.94. The van der Waals surface area contributed by atoms with Gasteiger partial charge in [-0.25, -0.2) is 4.79 Å². The van der Waals surface area contributed by atoms with Crippen LogP contribution in [0.3, 0.4) is 0 Å². The number of hydrogen-bond acceptors (Lipinski definition) is 7. The van der Waals surface area contributed by atoms with Gasteiger partial charge in [-0.1, -0.05) is 53.2 Å². The van der Waals surface area contributed by atoms with Gasteiger partial charge in [0.1, 0.15) is 18.0 Å². The molecule has 2 fully saturated rings. The first-order chi connectivity index (χ1) is 19.3. The fraction of sp³-hybridized carbons (Fsp3) is 0.765. The van der Waals surface area contributed by atoms with Crippen molar-refractivity contribution in [2.45, 2.75) is 126 Å². The van der Waals surface area contributed by atoms with E-state index >= 15 is 0 Å². The van der Waals surface area contributed by atoms with Gasteiger partial charge in [0.2, 0.25) is 0 Å². The van der Waals surface area contributed by atoms with Crippen LogP contribution in [0.5, 0.6) is 0 Å². The predicted octanol–water partition coefficient (Wildman–Crippen LogP) is 5.81. The summed E-state index contributed by atoms with van der Waals surface area (Å²) in [7, 11) is 0. The van der Waals surface area contributed by atoms with Crippen LogP contribution in [0.1, 0.15) is 107 Å². The first-order valence-electron chi connectivity index (χ1n) is 15.5. The number of carboxylic acid groups (broad SMARTS) is 1. The number of allylic oxidation sites excluding steroid dienone is 1. The Morgan fingerprint density at radius 1 is 1.00 bits per heavy atom. The molecular formula is C34H50O8. The van der Waals surface area contributed by atoms with Crippen molar-refractivity contribution in [1.82, 2.24) is 0 Å². The van der Waals surface area contributed by atoms with Crippen LogP contribution in [0.4, 0.5) is 0 Å². The molecule has 9 unspecified atom stereocenters. The number of rotatable bonds is 7. The summed E-state index contributed by atoms with van der Waals surface area (Å²) in [6.45, 7) is 17.0. The first kappa shape index (κ1) is 32.4. The quantitative estimate of drug-likeness (QED) is 0.218. The third kappa shape index (κ3) is 4.86. The molecule has 0 aromatic rings. The van der Waals surface area contributed by atoms with Crippen molar-refractivity contribution in [3.8, 4) is 0 Å². The van der Waals surface area contributed by atoms with Crippen LogP contribution in [0.2, 0.25) is 0 Å². The predicted molar refractivity (Wildman–Crippen MR) is 157 cm³/mol. The molecule has 2 saturated carbocycles. The van der Waals surface area contributed by atoms with Gasteiger partial charge >= 0.3 is 17.9 Å². The van der Waals surface area contributed by atoms with E-state index in [-0.39, 0.29) is 46.9 Å². The summed E-state index contributed by atoms with van der Waals surface area (Å²) in [5.74, 6) is -1.75. The molecule has 4 rings (SSSR count). The lowest BCUT2D eigenvalue weighted by molar-refractivity contribution is -0.156. The minimum Gasteiger partial charge on any atom is -0.478 e. The molecule has 4 aliphatic rings. The van der Waals surface area contributed by atoms with E-state index in [0.717, 1.165) is 24.8 Å². The monoisotopic (exact) mass is 586 g/mol. The minimum atomic E-state index is -1.02. The molecule has 0 aromatic heterocycles. The summed E-state index contributed by atoms with van der Waals surface area (Å²) < 4.78 is 11.9. The van der Waals surface area contributed by atoms with E-state index in [0.29, 0.717) is 19.3 Å². The van der Waals surface area contributed by atoms with Gasteiger partial charge in [-0.2, -0.15) is 0 Å². The van der Waals surface area contributed by atoms with Crippen molar-refractivity contribution >= 4 is 23.7 Å². The number of ketones is 1. The highest BCUT2D eigenvalue weighted by atomic mass is 16.5. The fourth-order valence-electron chi connectivity index (χ4n) is 9.88. The van der Waals surface area contributed by atoms with Gasteiger partial charge in [-0.15, -0.1) is 0 Å². The molecule has 8 heteroatoms. The molecule has 0 amide bonds. The molecule has 0 aliphatic heterocycles. The highest BCUT2D eigenvalue weighted by Gasteiger charge is 2.69. The molecule has 0 aromatic carbocycles. The number of aliphatic hydroxyl groups excluding tert-OH is 1. The molecule has 0 spiro atoms. The Morgan fingerprint density at radius 3 is 2.21 bits per heavy atom. The second kappa shape index (κ2) is 10.9. The number of aliphatic hydroxyl groups is 1. The molecule has 4 aliphatic carbocycles. The number of Topliss-reactive ketones (excluding diaryl/α,β-unsaturated/α-hetero) is 1. The molecule has 8 nitrogen and oxygen atoms in total. The van der Waals surface area contributed by atoms with Crippen molar-refractivity contribution < 1.29 is 38.9 Å². The Morgan fingerprint density at radius 2 is 1.64 bits per heavy atom. The van der Waals surface area contributed by atoms with Gasteiger partial charge in [0.05, 0.1) is 6.10 Å². The molecule has 0 bridgehead atoms. The summed E-state index contributed by atoms with van der Waals surface area (Å²) in [6, 6.07) is 0. The summed E-state index contributed by atoms with van der Waals surface area (Å²) in [4.78, 5) is 49.1. The van der Waals surface area contributed by atoms with E-state index in [1.165, 1.54) is 26.3 Å². The molecular weight excluding hydrogens is 536 g/mol. The molecule has 0 heterocycles. The fourth-order valence-corrected chi connectivity index (χ4v) is 9.88. The van der Waals surface area contributed by atoms with Crippen LogP contribution in [0, 0.1) is 39.4 Å². The topological polar surface area (TPSA) is 127 Å². The van der Waals surface area contributed by atoms with Gasteiger partial charge in [-0.05, 0) is 73.2 Å². The number of hydrogen-bond donors (Lipinski definition) is 2. The van der Waals surface area contributed by atoms with Crippen molar-refractivity contribution in [2.24, 2.45) is 39.4 Å². The number of carbonyl (C=O) groups is 4. The zero-order valence-electron chi connectivity index (χ0n) is 26.8. The van der Waals surface area contributed by atoms with E-state index in [9.17, 15) is 29.4 Å². The van der Waals surface area contributed by atoms with Crippen LogP contribution in [-0.4, -0.2) is 52.2 Å². The van der Waals surface area contributed by atoms with E-state index in [1.54, 1.807) is 6.08 Å². The third-order valence-corrected chi connectivity index (χ3v) is 12.4. The van der Waals surface area contributed by atoms with Crippen LogP contribution < -0.4 is 0 Å². The zero-order valence-corrected chi connectivity index (χ0v) is 26.8. The Labute approximate surface area is 250 Å². The molecule has 0 saturated heterocycles.